The van der Waals surface area contributed by atoms with E-state index in [-0.39, 0.29) is 18.5 Å². The van der Waals surface area contributed by atoms with E-state index in [1.54, 1.807) is 24.3 Å². The Hall–Kier alpha value is -3.11. The fraction of sp³-hybridized carbons (Fsp3) is 0.345. The van der Waals surface area contributed by atoms with E-state index in [9.17, 15) is 9.90 Å². The molecule has 3 aromatic carbocycles. The first-order chi connectivity index (χ1) is 15.8. The van der Waals surface area contributed by atoms with Crippen molar-refractivity contribution in [3.8, 4) is 5.75 Å². The summed E-state index contributed by atoms with van der Waals surface area (Å²) in [6.45, 7) is 10.9. The van der Waals surface area contributed by atoms with Crippen molar-refractivity contribution in [1.29, 1.82) is 0 Å². The van der Waals surface area contributed by atoms with E-state index in [1.165, 1.54) is 5.69 Å². The molecular weight excluding hydrogens is 410 g/mol. The molecule has 3 rings (SSSR count). The summed E-state index contributed by atoms with van der Waals surface area (Å²) in [6, 6.07) is 23.9. The van der Waals surface area contributed by atoms with Crippen molar-refractivity contribution in [1.82, 2.24) is 0 Å². The Morgan fingerprint density at radius 2 is 1.61 bits per heavy atom. The topological polar surface area (TPSA) is 49.8 Å². The van der Waals surface area contributed by atoms with E-state index in [2.05, 4.69) is 63.8 Å². The van der Waals surface area contributed by atoms with Crippen LogP contribution >= 0.6 is 0 Å². The largest absolute Gasteiger partial charge is 0.423 e. The van der Waals surface area contributed by atoms with Crippen LogP contribution in [0.3, 0.4) is 0 Å². The highest BCUT2D eigenvalue weighted by Crippen LogP contribution is 2.37. The van der Waals surface area contributed by atoms with Crippen LogP contribution in [0.1, 0.15) is 74.0 Å². The van der Waals surface area contributed by atoms with Crippen molar-refractivity contribution in [2.24, 2.45) is 0 Å². The fourth-order valence-electron chi connectivity index (χ4n) is 4.52. The normalized spacial score (nSPS) is 12.1. The van der Waals surface area contributed by atoms with Gasteiger partial charge in [0.15, 0.2) is 0 Å². The molecule has 33 heavy (non-hydrogen) atoms. The highest BCUT2D eigenvalue weighted by atomic mass is 16.5. The van der Waals surface area contributed by atoms with Crippen molar-refractivity contribution < 1.29 is 14.6 Å². The van der Waals surface area contributed by atoms with Crippen molar-refractivity contribution in [3.05, 3.63) is 95.1 Å². The molecule has 0 radical (unpaired) electrons. The van der Waals surface area contributed by atoms with Gasteiger partial charge in [-0.3, -0.25) is 0 Å². The first kappa shape index (κ1) is 24.5. The Balaban J connectivity index is 2.03. The van der Waals surface area contributed by atoms with E-state index >= 15 is 0 Å². The van der Waals surface area contributed by atoms with Crippen molar-refractivity contribution in [3.63, 3.8) is 0 Å². The third-order valence-electron chi connectivity index (χ3n) is 5.94. The van der Waals surface area contributed by atoms with Gasteiger partial charge in [-0.1, -0.05) is 43.3 Å². The van der Waals surface area contributed by atoms with Gasteiger partial charge in [-0.25, -0.2) is 4.79 Å². The zero-order chi connectivity index (χ0) is 24.0. The summed E-state index contributed by atoms with van der Waals surface area (Å²) < 4.78 is 5.86. The second kappa shape index (κ2) is 11.2. The molecule has 0 aliphatic rings. The Kier molecular flexibility index (Phi) is 8.29. The summed E-state index contributed by atoms with van der Waals surface area (Å²) >= 11 is 0. The van der Waals surface area contributed by atoms with Crippen LogP contribution in [-0.4, -0.2) is 23.2 Å². The minimum Gasteiger partial charge on any atom is -0.423 e. The highest BCUT2D eigenvalue weighted by Gasteiger charge is 2.22. The second-order valence-corrected chi connectivity index (χ2v) is 8.94. The van der Waals surface area contributed by atoms with Crippen LogP contribution in [0.15, 0.2) is 72.8 Å². The summed E-state index contributed by atoms with van der Waals surface area (Å²) in [5, 5.41) is 9.76. The molecule has 1 atom stereocenters. The molecule has 0 spiro atoms. The van der Waals surface area contributed by atoms with Gasteiger partial charge in [-0.05, 0) is 81.6 Å². The van der Waals surface area contributed by atoms with E-state index in [4.69, 9.17) is 4.74 Å². The van der Waals surface area contributed by atoms with Crippen LogP contribution in [-0.2, 0) is 6.61 Å². The van der Waals surface area contributed by atoms with Gasteiger partial charge in [0.25, 0.3) is 0 Å². The standard InChI is InChI=1S/C29H35NO3/c1-6-26(24-13-10-14-25(18-24)30(20(2)3)21(4)5)27-17-22(19-31)15-16-28(27)33-29(32)23-11-8-7-9-12-23/h7-18,20-21,26,31H,6,19H2,1-5H3/t26-/m1/s1. The fourth-order valence-corrected chi connectivity index (χ4v) is 4.52. The highest BCUT2D eigenvalue weighted by molar-refractivity contribution is 5.91. The summed E-state index contributed by atoms with van der Waals surface area (Å²) in [6.07, 6.45) is 0.831. The predicted octanol–water partition coefficient (Wildman–Crippen LogP) is 6.56. The number of hydrogen-bond acceptors (Lipinski definition) is 4. The molecule has 0 aliphatic heterocycles. The lowest BCUT2D eigenvalue weighted by Crippen LogP contribution is -2.37. The molecular formula is C29H35NO3. The lowest BCUT2D eigenvalue weighted by atomic mass is 9.87. The van der Waals surface area contributed by atoms with E-state index in [1.807, 2.05) is 24.3 Å². The molecule has 0 heterocycles. The molecule has 3 aromatic rings. The lowest BCUT2D eigenvalue weighted by Gasteiger charge is -2.34. The Bertz CT molecular complexity index is 1050. The van der Waals surface area contributed by atoms with Gasteiger partial charge in [-0.2, -0.15) is 0 Å². The molecule has 4 heteroatoms. The molecule has 0 aromatic heterocycles. The Morgan fingerprint density at radius 3 is 2.21 bits per heavy atom. The van der Waals surface area contributed by atoms with Gasteiger partial charge in [-0.15, -0.1) is 0 Å². The smallest absolute Gasteiger partial charge is 0.343 e. The quantitative estimate of drug-likeness (QED) is 0.299. The van der Waals surface area contributed by atoms with E-state index in [0.29, 0.717) is 23.4 Å². The number of aliphatic hydroxyl groups excluding tert-OH is 1. The van der Waals surface area contributed by atoms with Gasteiger partial charge in [0.2, 0.25) is 0 Å². The average Bonchev–Trinajstić information content (AvgIpc) is 2.81. The van der Waals surface area contributed by atoms with Gasteiger partial charge in [0.05, 0.1) is 12.2 Å². The number of nitrogens with zero attached hydrogens (tertiary/aromatic N) is 1. The monoisotopic (exact) mass is 445 g/mol. The zero-order valence-corrected chi connectivity index (χ0v) is 20.3. The summed E-state index contributed by atoms with van der Waals surface area (Å²) in [7, 11) is 0. The number of carbonyl (C=O) groups is 1. The first-order valence-corrected chi connectivity index (χ1v) is 11.7. The molecule has 0 unspecified atom stereocenters. The molecule has 174 valence electrons. The summed E-state index contributed by atoms with van der Waals surface area (Å²) in [5.74, 6) is 0.169. The molecule has 4 nitrogen and oxygen atoms in total. The number of benzene rings is 3. The third-order valence-corrected chi connectivity index (χ3v) is 5.94. The summed E-state index contributed by atoms with van der Waals surface area (Å²) in [5.41, 5.74) is 4.55. The minimum absolute atomic E-state index is 0.0243. The number of ether oxygens (including phenoxy) is 1. The maximum Gasteiger partial charge on any atom is 0.343 e. The Labute approximate surface area is 197 Å². The number of carbonyl (C=O) groups excluding carboxylic acids is 1. The number of rotatable bonds is 9. The SMILES string of the molecule is CC[C@H](c1cccc(N(C(C)C)C(C)C)c1)c1cc(CO)ccc1OC(=O)c1ccccc1. The number of anilines is 1. The van der Waals surface area contributed by atoms with Crippen LogP contribution in [0.25, 0.3) is 0 Å². The van der Waals surface area contributed by atoms with Gasteiger partial charge in [0.1, 0.15) is 5.75 Å². The number of hydrogen-bond donors (Lipinski definition) is 1. The van der Waals surface area contributed by atoms with Crippen molar-refractivity contribution in [2.75, 3.05) is 4.90 Å². The number of aliphatic hydroxyl groups is 1. The molecule has 0 saturated heterocycles. The minimum atomic E-state index is -0.386. The zero-order valence-electron chi connectivity index (χ0n) is 20.3. The van der Waals surface area contributed by atoms with E-state index in [0.717, 1.165) is 23.1 Å². The first-order valence-electron chi connectivity index (χ1n) is 11.7. The molecule has 0 saturated carbocycles. The summed E-state index contributed by atoms with van der Waals surface area (Å²) in [4.78, 5) is 15.2. The van der Waals surface area contributed by atoms with E-state index < -0.39 is 0 Å². The van der Waals surface area contributed by atoms with Crippen LogP contribution in [0, 0.1) is 0 Å². The van der Waals surface area contributed by atoms with Gasteiger partial charge >= 0.3 is 5.97 Å². The Morgan fingerprint density at radius 1 is 0.909 bits per heavy atom. The lowest BCUT2D eigenvalue weighted by molar-refractivity contribution is 0.0732. The van der Waals surface area contributed by atoms with Crippen LogP contribution in [0.4, 0.5) is 5.69 Å². The average molecular weight is 446 g/mol. The van der Waals surface area contributed by atoms with Crippen LogP contribution in [0.5, 0.6) is 5.75 Å². The molecule has 0 aliphatic carbocycles. The van der Waals surface area contributed by atoms with Crippen LogP contribution < -0.4 is 9.64 Å². The maximum atomic E-state index is 12.8. The van der Waals surface area contributed by atoms with Crippen LogP contribution in [0.2, 0.25) is 0 Å². The molecule has 0 fully saturated rings. The van der Waals surface area contributed by atoms with Crippen molar-refractivity contribution >= 4 is 11.7 Å². The second-order valence-electron chi connectivity index (χ2n) is 8.94. The van der Waals surface area contributed by atoms with Gasteiger partial charge in [0, 0.05) is 29.3 Å². The maximum absolute atomic E-state index is 12.8. The molecule has 0 bridgehead atoms. The van der Waals surface area contributed by atoms with Crippen molar-refractivity contribution in [2.45, 2.75) is 65.6 Å². The predicted molar refractivity (Wildman–Crippen MR) is 135 cm³/mol. The van der Waals surface area contributed by atoms with Gasteiger partial charge < -0.3 is 14.7 Å². The third kappa shape index (κ3) is 5.82. The molecule has 0 amide bonds. The molecule has 1 N–H and O–H groups in total. The number of esters is 1.